The molecular formula is C24H17F3N4O. The van der Waals surface area contributed by atoms with Gasteiger partial charge in [0, 0.05) is 5.57 Å². The minimum Gasteiger partial charge on any atom is -0.338 e. The first kappa shape index (κ1) is 19.9. The van der Waals surface area contributed by atoms with Gasteiger partial charge in [-0.1, -0.05) is 60.7 Å². The average Bonchev–Trinajstić information content (AvgIpc) is 3.22. The molecule has 3 aromatic carbocycles. The van der Waals surface area contributed by atoms with E-state index >= 15 is 0 Å². The number of H-pyrrole nitrogens is 1. The van der Waals surface area contributed by atoms with Crippen LogP contribution in [-0.2, 0) is 6.18 Å². The van der Waals surface area contributed by atoms with Gasteiger partial charge in [0.05, 0.1) is 28.3 Å². The summed E-state index contributed by atoms with van der Waals surface area (Å²) in [6, 6.07) is 19.9. The fourth-order valence-electron chi connectivity index (χ4n) is 3.97. The van der Waals surface area contributed by atoms with Gasteiger partial charge < -0.3 is 15.6 Å². The molecule has 4 aromatic rings. The van der Waals surface area contributed by atoms with Crippen LogP contribution >= 0.6 is 0 Å². The Kier molecular flexibility index (Phi) is 4.70. The zero-order valence-electron chi connectivity index (χ0n) is 16.6. The maximum absolute atomic E-state index is 13.8. The van der Waals surface area contributed by atoms with Gasteiger partial charge in [0.2, 0.25) is 0 Å². The lowest BCUT2D eigenvalue weighted by atomic mass is 9.89. The van der Waals surface area contributed by atoms with Crippen molar-refractivity contribution >= 4 is 28.3 Å². The van der Waals surface area contributed by atoms with Crippen LogP contribution in [-0.4, -0.2) is 16.0 Å². The van der Waals surface area contributed by atoms with Gasteiger partial charge in [-0.05, 0) is 29.3 Å². The molecule has 0 saturated carbocycles. The number of aromatic amines is 1. The van der Waals surface area contributed by atoms with E-state index in [9.17, 15) is 18.0 Å². The summed E-state index contributed by atoms with van der Waals surface area (Å²) in [6.45, 7) is 0. The molecule has 1 atom stereocenters. The van der Waals surface area contributed by atoms with Crippen molar-refractivity contribution in [3.63, 3.8) is 0 Å². The summed E-state index contributed by atoms with van der Waals surface area (Å²) in [5.41, 5.74) is 2.02. The number of carbonyl (C=O) groups is 1. The number of nitrogens with one attached hydrogen (secondary N) is 3. The lowest BCUT2D eigenvalue weighted by Crippen LogP contribution is -2.43. The van der Waals surface area contributed by atoms with Gasteiger partial charge in [-0.25, -0.2) is 9.78 Å². The molecule has 5 nitrogen and oxygen atoms in total. The molecule has 1 aliphatic heterocycles. The molecule has 1 aliphatic rings. The molecule has 0 fully saturated rings. The minimum atomic E-state index is -4.59. The Morgan fingerprint density at radius 1 is 0.844 bits per heavy atom. The number of hydrogen-bond acceptors (Lipinski definition) is 2. The number of carbonyl (C=O) groups excluding carboxylic acids is 1. The van der Waals surface area contributed by atoms with E-state index in [2.05, 4.69) is 20.6 Å². The number of nitrogens with zero attached hydrogens (tertiary/aromatic N) is 1. The third kappa shape index (κ3) is 3.49. The molecule has 0 bridgehead atoms. The second-order valence-electron chi connectivity index (χ2n) is 7.37. The third-order valence-electron chi connectivity index (χ3n) is 5.36. The quantitative estimate of drug-likeness (QED) is 0.398. The highest BCUT2D eigenvalue weighted by Gasteiger charge is 2.39. The van der Waals surface area contributed by atoms with Gasteiger partial charge in [0.25, 0.3) is 0 Å². The molecule has 8 heteroatoms. The topological polar surface area (TPSA) is 69.8 Å². The maximum atomic E-state index is 13.8. The summed E-state index contributed by atoms with van der Waals surface area (Å²) in [6.07, 6.45) is -4.59. The lowest BCUT2D eigenvalue weighted by Gasteiger charge is -2.31. The summed E-state index contributed by atoms with van der Waals surface area (Å²) in [5, 5.41) is 5.44. The van der Waals surface area contributed by atoms with Gasteiger partial charge in [0.1, 0.15) is 5.82 Å². The molecule has 5 rings (SSSR count). The molecule has 0 spiro atoms. The first-order valence-electron chi connectivity index (χ1n) is 9.90. The average molecular weight is 434 g/mol. The second kappa shape index (κ2) is 7.56. The third-order valence-corrected chi connectivity index (χ3v) is 5.36. The van der Waals surface area contributed by atoms with Gasteiger partial charge in [-0.2, -0.15) is 13.2 Å². The fraction of sp³-hybridized carbons (Fsp3) is 0.0833. The standard InChI is InChI=1S/C24H17F3N4O/c25-24(26,27)16-11-5-4-10-15(16)21-19(22-28-17-12-6-7-13-18(17)29-22)20(30-23(32)31-21)14-8-2-1-3-9-14/h1-13,21H,(H,28,29)(H2,30,31,32). The van der Waals surface area contributed by atoms with Gasteiger partial charge >= 0.3 is 12.2 Å². The van der Waals surface area contributed by atoms with Crippen LogP contribution in [0.3, 0.4) is 0 Å². The van der Waals surface area contributed by atoms with E-state index in [0.717, 1.165) is 11.6 Å². The molecule has 0 saturated heterocycles. The van der Waals surface area contributed by atoms with E-state index < -0.39 is 23.8 Å². The second-order valence-corrected chi connectivity index (χ2v) is 7.37. The van der Waals surface area contributed by atoms with Crippen LogP contribution in [0.5, 0.6) is 0 Å². The predicted molar refractivity (Wildman–Crippen MR) is 115 cm³/mol. The van der Waals surface area contributed by atoms with Gasteiger partial charge in [-0.15, -0.1) is 0 Å². The summed E-state index contributed by atoms with van der Waals surface area (Å²) in [5.74, 6) is 0.375. The van der Waals surface area contributed by atoms with Crippen molar-refractivity contribution < 1.29 is 18.0 Å². The minimum absolute atomic E-state index is 0.0567. The Morgan fingerprint density at radius 2 is 1.53 bits per heavy atom. The molecule has 2 amide bonds. The number of amides is 2. The van der Waals surface area contributed by atoms with Gasteiger partial charge in [-0.3, -0.25) is 0 Å². The Bertz CT molecular complexity index is 1310. The van der Waals surface area contributed by atoms with E-state index in [1.807, 2.05) is 30.3 Å². The van der Waals surface area contributed by atoms with Crippen LogP contribution in [0.4, 0.5) is 18.0 Å². The Labute approximate surface area is 181 Å². The van der Waals surface area contributed by atoms with E-state index in [0.29, 0.717) is 28.2 Å². The van der Waals surface area contributed by atoms with Crippen LogP contribution in [0.2, 0.25) is 0 Å². The number of fused-ring (bicyclic) bond motifs is 1. The molecule has 1 unspecified atom stereocenters. The van der Waals surface area contributed by atoms with Crippen molar-refractivity contribution in [2.75, 3.05) is 0 Å². The smallest absolute Gasteiger partial charge is 0.338 e. The number of halogens is 3. The molecule has 0 radical (unpaired) electrons. The number of aromatic nitrogens is 2. The van der Waals surface area contributed by atoms with Crippen LogP contribution in [0.1, 0.15) is 28.6 Å². The fourth-order valence-corrected chi connectivity index (χ4v) is 3.97. The molecular weight excluding hydrogens is 417 g/mol. The molecule has 0 aliphatic carbocycles. The van der Waals surface area contributed by atoms with E-state index in [1.165, 1.54) is 18.2 Å². The number of benzene rings is 3. The number of hydrogen-bond donors (Lipinski definition) is 3. The SMILES string of the molecule is O=C1NC(c2ccccc2)=C(c2nc3ccccc3[nH]2)C(c2ccccc2C(F)(F)F)N1. The monoisotopic (exact) mass is 434 g/mol. The number of imidazole rings is 1. The predicted octanol–water partition coefficient (Wildman–Crippen LogP) is 5.50. The zero-order valence-corrected chi connectivity index (χ0v) is 16.6. The summed E-state index contributed by atoms with van der Waals surface area (Å²) in [4.78, 5) is 20.4. The van der Waals surface area contributed by atoms with Crippen molar-refractivity contribution in [3.05, 3.63) is 101 Å². The van der Waals surface area contributed by atoms with Crippen LogP contribution < -0.4 is 10.6 Å². The van der Waals surface area contributed by atoms with Crippen molar-refractivity contribution in [2.24, 2.45) is 0 Å². The molecule has 1 aromatic heterocycles. The number of rotatable bonds is 3. The zero-order chi connectivity index (χ0) is 22.3. The first-order chi connectivity index (χ1) is 15.4. The van der Waals surface area contributed by atoms with Crippen molar-refractivity contribution in [2.45, 2.75) is 12.2 Å². The van der Waals surface area contributed by atoms with Crippen LogP contribution in [0.25, 0.3) is 22.3 Å². The van der Waals surface area contributed by atoms with Crippen molar-refractivity contribution in [1.82, 2.24) is 20.6 Å². The van der Waals surface area contributed by atoms with E-state index in [1.54, 1.807) is 24.3 Å². The van der Waals surface area contributed by atoms with Crippen LogP contribution in [0, 0.1) is 0 Å². The Balaban J connectivity index is 1.80. The summed E-state index contributed by atoms with van der Waals surface area (Å²) < 4.78 is 41.5. The Morgan fingerprint density at radius 3 is 2.28 bits per heavy atom. The van der Waals surface area contributed by atoms with Crippen LogP contribution in [0.15, 0.2) is 78.9 Å². The van der Waals surface area contributed by atoms with E-state index in [-0.39, 0.29) is 5.56 Å². The largest absolute Gasteiger partial charge is 0.416 e. The maximum Gasteiger partial charge on any atom is 0.416 e. The molecule has 2 heterocycles. The molecule has 160 valence electrons. The normalized spacial score (nSPS) is 16.7. The number of urea groups is 1. The number of para-hydroxylation sites is 2. The lowest BCUT2D eigenvalue weighted by molar-refractivity contribution is -0.138. The molecule has 3 N–H and O–H groups in total. The van der Waals surface area contributed by atoms with Crippen molar-refractivity contribution in [1.29, 1.82) is 0 Å². The highest BCUT2D eigenvalue weighted by atomic mass is 19.4. The van der Waals surface area contributed by atoms with Crippen molar-refractivity contribution in [3.8, 4) is 0 Å². The highest BCUT2D eigenvalue weighted by molar-refractivity contribution is 6.02. The summed E-state index contributed by atoms with van der Waals surface area (Å²) >= 11 is 0. The number of alkyl halides is 3. The van der Waals surface area contributed by atoms with Gasteiger partial charge in [0.15, 0.2) is 0 Å². The first-order valence-corrected chi connectivity index (χ1v) is 9.90. The Hall–Kier alpha value is -4.07. The molecule has 32 heavy (non-hydrogen) atoms. The van der Waals surface area contributed by atoms with E-state index in [4.69, 9.17) is 0 Å². The summed E-state index contributed by atoms with van der Waals surface area (Å²) in [7, 11) is 0. The highest BCUT2D eigenvalue weighted by Crippen LogP contribution is 2.42.